The van der Waals surface area contributed by atoms with Crippen LogP contribution in [-0.2, 0) is 6.54 Å². The van der Waals surface area contributed by atoms with Gasteiger partial charge in [-0.1, -0.05) is 12.8 Å². The lowest BCUT2D eigenvalue weighted by molar-refractivity contribution is 0.441. The van der Waals surface area contributed by atoms with Crippen LogP contribution < -0.4 is 5.69 Å². The molecular weight excluding hydrogens is 168 g/mol. The average Bonchev–Trinajstić information content (AvgIpc) is 2.72. The normalized spacial score (nSPS) is 18.2. The first-order valence-corrected chi connectivity index (χ1v) is 4.64. The zero-order valence-corrected chi connectivity index (χ0v) is 7.52. The number of hydrogen-bond acceptors (Lipinski definition) is 3. The van der Waals surface area contributed by atoms with Crippen molar-refractivity contribution in [3.05, 3.63) is 17.4 Å². The minimum atomic E-state index is -0.123. The third-order valence-corrected chi connectivity index (χ3v) is 2.54. The Balaban J connectivity index is 2.29. The summed E-state index contributed by atoms with van der Waals surface area (Å²) < 4.78 is 2.79. The van der Waals surface area contributed by atoms with Crippen molar-refractivity contribution in [2.45, 2.75) is 38.3 Å². The van der Waals surface area contributed by atoms with Crippen LogP contribution in [0.1, 0.15) is 31.7 Å². The molecule has 0 atom stereocenters. The number of aromatic nitrogens is 4. The highest BCUT2D eigenvalue weighted by atomic mass is 16.2. The van der Waals surface area contributed by atoms with Crippen LogP contribution in [0.25, 0.3) is 0 Å². The van der Waals surface area contributed by atoms with Gasteiger partial charge in [0.2, 0.25) is 0 Å². The Morgan fingerprint density at radius 1 is 1.38 bits per heavy atom. The average molecular weight is 181 g/mol. The van der Waals surface area contributed by atoms with Gasteiger partial charge >= 0.3 is 5.69 Å². The van der Waals surface area contributed by atoms with Crippen molar-refractivity contribution in [3.8, 4) is 0 Å². The van der Waals surface area contributed by atoms with Gasteiger partial charge in [0.05, 0.1) is 6.04 Å². The lowest BCUT2D eigenvalue weighted by atomic mass is 10.3. The SMILES string of the molecule is [CH2]Cn1nnn(C2CCCC2)c1=O. The molecule has 2 rings (SSSR count). The van der Waals surface area contributed by atoms with E-state index in [1.165, 1.54) is 22.2 Å². The zero-order valence-electron chi connectivity index (χ0n) is 7.52. The molecule has 0 aliphatic heterocycles. The summed E-state index contributed by atoms with van der Waals surface area (Å²) in [6.07, 6.45) is 4.48. The maximum Gasteiger partial charge on any atom is 0.363 e. The number of nitrogens with zero attached hydrogens (tertiary/aromatic N) is 4. The minimum Gasteiger partial charge on any atom is -0.244 e. The summed E-state index contributed by atoms with van der Waals surface area (Å²) in [5.41, 5.74) is -0.123. The van der Waals surface area contributed by atoms with E-state index in [1.807, 2.05) is 0 Å². The molecule has 5 nitrogen and oxygen atoms in total. The second-order valence-corrected chi connectivity index (χ2v) is 3.37. The van der Waals surface area contributed by atoms with E-state index in [9.17, 15) is 4.79 Å². The Morgan fingerprint density at radius 3 is 2.62 bits per heavy atom. The molecule has 5 heteroatoms. The molecule has 0 amide bonds. The number of rotatable bonds is 2. The fraction of sp³-hybridized carbons (Fsp3) is 0.750. The van der Waals surface area contributed by atoms with Crippen LogP contribution >= 0.6 is 0 Å². The van der Waals surface area contributed by atoms with Crippen molar-refractivity contribution in [2.24, 2.45) is 0 Å². The summed E-state index contributed by atoms with van der Waals surface area (Å²) in [4.78, 5) is 11.5. The molecule has 1 heterocycles. The van der Waals surface area contributed by atoms with Crippen molar-refractivity contribution >= 4 is 0 Å². The zero-order chi connectivity index (χ0) is 9.26. The maximum absolute atomic E-state index is 11.5. The molecule has 1 fully saturated rings. The largest absolute Gasteiger partial charge is 0.363 e. The van der Waals surface area contributed by atoms with Crippen molar-refractivity contribution in [1.82, 2.24) is 19.8 Å². The Hall–Kier alpha value is -1.13. The van der Waals surface area contributed by atoms with Crippen LogP contribution in [0.3, 0.4) is 0 Å². The lowest BCUT2D eigenvalue weighted by Crippen LogP contribution is -2.27. The molecule has 1 aromatic rings. The molecule has 0 N–H and O–H groups in total. The van der Waals surface area contributed by atoms with Gasteiger partial charge in [-0.15, -0.1) is 0 Å². The standard InChI is InChI=1S/C8H13N4O/c1-2-11-8(13)12(10-9-11)7-5-3-4-6-7/h7H,1-6H2. The van der Waals surface area contributed by atoms with Crippen LogP contribution in [0, 0.1) is 6.92 Å². The van der Waals surface area contributed by atoms with Crippen LogP contribution in [0.5, 0.6) is 0 Å². The monoisotopic (exact) mass is 181 g/mol. The van der Waals surface area contributed by atoms with Crippen molar-refractivity contribution in [3.63, 3.8) is 0 Å². The van der Waals surface area contributed by atoms with E-state index in [0.29, 0.717) is 6.54 Å². The van der Waals surface area contributed by atoms with Gasteiger partial charge in [0, 0.05) is 6.54 Å². The Bertz CT molecular complexity index is 334. The molecule has 0 unspecified atom stereocenters. The summed E-state index contributed by atoms with van der Waals surface area (Å²) in [5.74, 6) is 0. The van der Waals surface area contributed by atoms with Crippen LogP contribution in [0.2, 0.25) is 0 Å². The van der Waals surface area contributed by atoms with Gasteiger partial charge in [-0.3, -0.25) is 0 Å². The van der Waals surface area contributed by atoms with E-state index in [1.54, 1.807) is 0 Å². The van der Waals surface area contributed by atoms with Gasteiger partial charge in [0.1, 0.15) is 0 Å². The van der Waals surface area contributed by atoms with Gasteiger partial charge in [-0.05, 0) is 30.2 Å². The van der Waals surface area contributed by atoms with Crippen molar-refractivity contribution in [2.75, 3.05) is 0 Å². The third kappa shape index (κ3) is 1.38. The molecule has 0 spiro atoms. The molecule has 71 valence electrons. The molecule has 1 saturated carbocycles. The van der Waals surface area contributed by atoms with E-state index in [2.05, 4.69) is 17.4 Å². The minimum absolute atomic E-state index is 0.123. The Morgan fingerprint density at radius 2 is 2.08 bits per heavy atom. The quantitative estimate of drug-likeness (QED) is 0.663. The van der Waals surface area contributed by atoms with Gasteiger partial charge in [-0.2, -0.15) is 9.36 Å². The summed E-state index contributed by atoms with van der Waals surface area (Å²) in [6, 6.07) is 0.271. The first-order valence-electron chi connectivity index (χ1n) is 4.64. The second-order valence-electron chi connectivity index (χ2n) is 3.37. The highest BCUT2D eigenvalue weighted by molar-refractivity contribution is 4.74. The van der Waals surface area contributed by atoms with E-state index >= 15 is 0 Å². The maximum atomic E-state index is 11.5. The van der Waals surface area contributed by atoms with E-state index < -0.39 is 0 Å². The Labute approximate surface area is 76.3 Å². The molecule has 0 aromatic carbocycles. The molecular formula is C8H13N4O. The summed E-state index contributed by atoms with van der Waals surface area (Å²) in [5, 5.41) is 7.58. The van der Waals surface area contributed by atoms with Crippen LogP contribution in [0.4, 0.5) is 0 Å². The fourth-order valence-corrected chi connectivity index (χ4v) is 1.80. The molecule has 0 bridgehead atoms. The van der Waals surface area contributed by atoms with Gasteiger partial charge in [-0.25, -0.2) is 4.79 Å². The predicted octanol–water partition coefficient (Wildman–Crippen LogP) is 0.389. The lowest BCUT2D eigenvalue weighted by Gasteiger charge is -2.04. The van der Waals surface area contributed by atoms with Crippen LogP contribution in [-0.4, -0.2) is 19.8 Å². The summed E-state index contributed by atoms with van der Waals surface area (Å²) >= 11 is 0. The number of tetrazole rings is 1. The van der Waals surface area contributed by atoms with Crippen molar-refractivity contribution in [1.29, 1.82) is 0 Å². The van der Waals surface area contributed by atoms with Crippen LogP contribution in [0.15, 0.2) is 4.79 Å². The summed E-state index contributed by atoms with van der Waals surface area (Å²) in [7, 11) is 0. The molecule has 13 heavy (non-hydrogen) atoms. The molecule has 0 saturated heterocycles. The number of hydrogen-bond donors (Lipinski definition) is 0. The van der Waals surface area contributed by atoms with Gasteiger partial charge in [0.25, 0.3) is 0 Å². The highest BCUT2D eigenvalue weighted by Gasteiger charge is 2.20. The molecule has 1 radical (unpaired) electrons. The first-order chi connectivity index (χ1) is 6.33. The van der Waals surface area contributed by atoms with E-state index in [0.717, 1.165) is 12.8 Å². The Kier molecular flexibility index (Phi) is 2.16. The first kappa shape index (κ1) is 8.47. The fourth-order valence-electron chi connectivity index (χ4n) is 1.80. The summed E-state index contributed by atoms with van der Waals surface area (Å²) in [6.45, 7) is 3.96. The molecule has 1 aliphatic rings. The molecule has 1 aliphatic carbocycles. The second kappa shape index (κ2) is 3.32. The molecule has 1 aromatic heterocycles. The van der Waals surface area contributed by atoms with Gasteiger partial charge in [0.15, 0.2) is 0 Å². The van der Waals surface area contributed by atoms with E-state index in [4.69, 9.17) is 0 Å². The third-order valence-electron chi connectivity index (χ3n) is 2.54. The van der Waals surface area contributed by atoms with Crippen molar-refractivity contribution < 1.29 is 0 Å². The van der Waals surface area contributed by atoms with E-state index in [-0.39, 0.29) is 11.7 Å². The smallest absolute Gasteiger partial charge is 0.244 e. The topological polar surface area (TPSA) is 52.7 Å². The predicted molar refractivity (Wildman–Crippen MR) is 47.1 cm³/mol. The highest BCUT2D eigenvalue weighted by Crippen LogP contribution is 2.26. The van der Waals surface area contributed by atoms with Gasteiger partial charge < -0.3 is 0 Å².